The number of rotatable bonds is 10. The average molecular weight is 775 g/mol. The molecule has 13 heteroatoms. The lowest BCUT2D eigenvalue weighted by Gasteiger charge is -2.40. The summed E-state index contributed by atoms with van der Waals surface area (Å²) in [6, 6.07) is 20.8. The van der Waals surface area contributed by atoms with Gasteiger partial charge in [0.2, 0.25) is 18.0 Å². The molecule has 0 unspecified atom stereocenters. The Morgan fingerprint density at radius 2 is 1.67 bits per heavy atom. The number of piperazine rings is 1. The molecule has 1 amide bonds. The van der Waals surface area contributed by atoms with Crippen LogP contribution in [0.3, 0.4) is 0 Å². The quantitative estimate of drug-likeness (QED) is 0.139. The van der Waals surface area contributed by atoms with Crippen molar-refractivity contribution in [3.05, 3.63) is 107 Å². The molecule has 3 heterocycles. The van der Waals surface area contributed by atoms with Crippen molar-refractivity contribution in [3.63, 3.8) is 0 Å². The van der Waals surface area contributed by atoms with Crippen LogP contribution in [0, 0.1) is 0 Å². The predicted octanol–water partition coefficient (Wildman–Crippen LogP) is 2.47. The maximum atomic E-state index is 11.7. The number of halogens is 3. The Kier molecular flexibility index (Phi) is 12.3. The second-order valence-corrected chi connectivity index (χ2v) is 12.9. The molecule has 0 spiro atoms. The summed E-state index contributed by atoms with van der Waals surface area (Å²) in [6.45, 7) is 7.81. The van der Waals surface area contributed by atoms with E-state index in [2.05, 4.69) is 17.0 Å². The Labute approximate surface area is 306 Å². The Balaban J connectivity index is 0.00000468. The van der Waals surface area contributed by atoms with E-state index >= 15 is 0 Å². The zero-order valence-electron chi connectivity index (χ0n) is 27.4. The first kappa shape index (κ1) is 36.7. The number of benzene rings is 3. The molecule has 49 heavy (non-hydrogen) atoms. The number of hydrogen-bond donors (Lipinski definition) is 0. The molecule has 0 N–H and O–H groups in total. The SMILES string of the molecule is CC(=O)Oc1ccc(C[n+]2ccn(C[C@]3(c4ccc(Cl)cc4Cl)OCC[C@@H](COc4ccc(N5CCN(C(C)=O)CC5)cc4)O3)c2)cc1.[Br-]. The molecular formula is C36H39BrCl2N4O6. The Morgan fingerprint density at radius 3 is 2.35 bits per heavy atom. The number of hydrogen-bond acceptors (Lipinski definition) is 7. The summed E-state index contributed by atoms with van der Waals surface area (Å²) in [6.07, 6.45) is 6.32. The number of amides is 1. The summed E-state index contributed by atoms with van der Waals surface area (Å²) in [5.41, 5.74) is 2.84. The van der Waals surface area contributed by atoms with Gasteiger partial charge in [0.05, 0.1) is 17.7 Å². The molecule has 0 bridgehead atoms. The molecule has 2 saturated heterocycles. The Bertz CT molecular complexity index is 1730. The van der Waals surface area contributed by atoms with E-state index in [-0.39, 0.29) is 35.0 Å². The molecule has 2 atom stereocenters. The third kappa shape index (κ3) is 9.34. The molecule has 0 aliphatic carbocycles. The number of ether oxygens (including phenoxy) is 4. The van der Waals surface area contributed by atoms with Gasteiger partial charge in [-0.2, -0.15) is 0 Å². The zero-order chi connectivity index (χ0) is 33.7. The van der Waals surface area contributed by atoms with E-state index in [4.69, 9.17) is 42.1 Å². The third-order valence-electron chi connectivity index (χ3n) is 8.52. The van der Waals surface area contributed by atoms with Crippen molar-refractivity contribution >= 4 is 40.8 Å². The molecule has 4 aromatic rings. The Hall–Kier alpha value is -3.61. The van der Waals surface area contributed by atoms with Gasteiger partial charge in [-0.3, -0.25) is 9.59 Å². The number of carbonyl (C=O) groups excluding carboxylic acids is 2. The second-order valence-electron chi connectivity index (χ2n) is 12.0. The molecule has 0 saturated carbocycles. The number of anilines is 1. The van der Waals surface area contributed by atoms with E-state index in [0.29, 0.717) is 54.1 Å². The van der Waals surface area contributed by atoms with Gasteiger partial charge < -0.3 is 45.7 Å². The van der Waals surface area contributed by atoms with Crippen molar-refractivity contribution in [2.24, 2.45) is 0 Å². The van der Waals surface area contributed by atoms with E-state index in [0.717, 1.165) is 43.2 Å². The van der Waals surface area contributed by atoms with Gasteiger partial charge in [0.25, 0.3) is 0 Å². The van der Waals surface area contributed by atoms with Gasteiger partial charge in [-0.15, -0.1) is 0 Å². The fourth-order valence-corrected chi connectivity index (χ4v) is 6.62. The first-order valence-electron chi connectivity index (χ1n) is 16.0. The smallest absolute Gasteiger partial charge is 0.308 e. The van der Waals surface area contributed by atoms with Gasteiger partial charge in [-0.1, -0.05) is 41.4 Å². The molecule has 1 aromatic heterocycles. The van der Waals surface area contributed by atoms with Crippen LogP contribution < -0.4 is 35.9 Å². The zero-order valence-corrected chi connectivity index (χ0v) is 30.5. The number of aromatic nitrogens is 2. The van der Waals surface area contributed by atoms with E-state index in [1.807, 2.05) is 63.1 Å². The Morgan fingerprint density at radius 1 is 0.959 bits per heavy atom. The lowest BCUT2D eigenvalue weighted by molar-refractivity contribution is -0.688. The lowest BCUT2D eigenvalue weighted by atomic mass is 10.0. The van der Waals surface area contributed by atoms with Gasteiger partial charge in [0, 0.05) is 62.7 Å². The van der Waals surface area contributed by atoms with Crippen molar-refractivity contribution in [1.29, 1.82) is 0 Å². The minimum absolute atomic E-state index is 0. The number of nitrogens with zero attached hydrogens (tertiary/aromatic N) is 4. The highest BCUT2D eigenvalue weighted by Gasteiger charge is 2.44. The van der Waals surface area contributed by atoms with Gasteiger partial charge in [0.1, 0.15) is 43.6 Å². The number of imidazole rings is 1. The molecule has 2 aliphatic rings. The molecule has 260 valence electrons. The molecule has 2 aliphatic heterocycles. The van der Waals surface area contributed by atoms with Crippen LogP contribution >= 0.6 is 23.2 Å². The van der Waals surface area contributed by atoms with Crippen molar-refractivity contribution in [3.8, 4) is 11.5 Å². The van der Waals surface area contributed by atoms with Gasteiger partial charge in [0.15, 0.2) is 0 Å². The monoisotopic (exact) mass is 772 g/mol. The first-order chi connectivity index (χ1) is 23.2. The van der Waals surface area contributed by atoms with Crippen LogP contribution in [0.15, 0.2) is 85.5 Å². The average Bonchev–Trinajstić information content (AvgIpc) is 3.50. The van der Waals surface area contributed by atoms with Crippen LogP contribution in [0.25, 0.3) is 0 Å². The summed E-state index contributed by atoms with van der Waals surface area (Å²) in [5, 5.41) is 0.981. The van der Waals surface area contributed by atoms with Crippen LogP contribution in [0.1, 0.15) is 31.4 Å². The normalized spacial score (nSPS) is 19.2. The summed E-state index contributed by atoms with van der Waals surface area (Å²) >= 11 is 13.0. The van der Waals surface area contributed by atoms with Crippen LogP contribution in [-0.2, 0) is 37.9 Å². The van der Waals surface area contributed by atoms with Crippen LogP contribution in [-0.4, -0.2) is 66.8 Å². The van der Waals surface area contributed by atoms with E-state index < -0.39 is 5.79 Å². The number of esters is 1. The van der Waals surface area contributed by atoms with Crippen molar-refractivity contribution in [2.75, 3.05) is 44.3 Å². The molecule has 10 nitrogen and oxygen atoms in total. The number of carbonyl (C=O) groups is 2. The summed E-state index contributed by atoms with van der Waals surface area (Å²) in [5.74, 6) is -0.147. The van der Waals surface area contributed by atoms with Gasteiger partial charge in [-0.05, 0) is 54.1 Å². The minimum Gasteiger partial charge on any atom is -1.00 e. The van der Waals surface area contributed by atoms with Crippen molar-refractivity contribution in [2.45, 2.75) is 45.2 Å². The topological polar surface area (TPSA) is 86.4 Å². The first-order valence-corrected chi connectivity index (χ1v) is 16.7. The lowest BCUT2D eigenvalue weighted by Crippen LogP contribution is -3.00. The molecule has 2 fully saturated rings. The standard InChI is InChI=1S/C36H39Cl2N4O6.BrH/c1-26(43)41-16-18-42(19-17-41)30-6-10-31(11-7-30)45-23-33-13-20-46-36(48-33,34-12-5-29(37)21-35(34)38)24-40-15-14-39(25-40)22-28-3-8-32(9-4-28)47-27(2)44;/h3-12,14-15,21,25,33H,13,16-20,22-24H2,1-2H3;1H/q+1;/p-1/t33-,36-;/m0./s1. The largest absolute Gasteiger partial charge is 1.00 e. The fraction of sp³-hybridized carbons (Fsp3) is 0.361. The van der Waals surface area contributed by atoms with E-state index in [1.54, 1.807) is 31.2 Å². The highest BCUT2D eigenvalue weighted by molar-refractivity contribution is 6.35. The third-order valence-corrected chi connectivity index (χ3v) is 9.07. The van der Waals surface area contributed by atoms with Gasteiger partial charge >= 0.3 is 5.97 Å². The minimum atomic E-state index is -1.18. The maximum Gasteiger partial charge on any atom is 0.308 e. The van der Waals surface area contributed by atoms with Gasteiger partial charge in [-0.25, -0.2) is 9.13 Å². The highest BCUT2D eigenvalue weighted by atomic mass is 79.9. The van der Waals surface area contributed by atoms with E-state index in [1.165, 1.54) is 6.92 Å². The predicted molar refractivity (Wildman–Crippen MR) is 181 cm³/mol. The molecule has 0 radical (unpaired) electrons. The van der Waals surface area contributed by atoms with Crippen LogP contribution in [0.4, 0.5) is 5.69 Å². The maximum absolute atomic E-state index is 11.7. The molecular weight excluding hydrogens is 735 g/mol. The molecule has 3 aromatic carbocycles. The van der Waals surface area contributed by atoms with Crippen LogP contribution in [0.2, 0.25) is 10.0 Å². The summed E-state index contributed by atoms with van der Waals surface area (Å²) < 4.78 is 28.6. The van der Waals surface area contributed by atoms with Crippen LogP contribution in [0.5, 0.6) is 11.5 Å². The van der Waals surface area contributed by atoms with Crippen molar-refractivity contribution < 1.29 is 50.1 Å². The molecule has 6 rings (SSSR count). The second kappa shape index (κ2) is 16.4. The fourth-order valence-electron chi connectivity index (χ4n) is 6.07. The van der Waals surface area contributed by atoms with Crippen molar-refractivity contribution in [1.82, 2.24) is 9.47 Å². The summed E-state index contributed by atoms with van der Waals surface area (Å²) in [7, 11) is 0. The summed E-state index contributed by atoms with van der Waals surface area (Å²) in [4.78, 5) is 27.1. The van der Waals surface area contributed by atoms with E-state index in [9.17, 15) is 9.59 Å². The highest BCUT2D eigenvalue weighted by Crippen LogP contribution is 2.40.